The number of hydrogen-bond donors (Lipinski definition) is 0. The molecule has 1 saturated carbocycles. The van der Waals surface area contributed by atoms with Gasteiger partial charge in [0.2, 0.25) is 5.91 Å². The molecular formula is C32H35F3N4O. The summed E-state index contributed by atoms with van der Waals surface area (Å²) < 4.78 is 38.8. The molecule has 210 valence electrons. The Hall–Kier alpha value is -3.65. The second kappa shape index (κ2) is 12.3. The monoisotopic (exact) mass is 548 g/mol. The van der Waals surface area contributed by atoms with Crippen LogP contribution in [0, 0.1) is 5.92 Å². The SMILES string of the molecule is CN(c1ccncc1)c1ccc(CN(C(=O)/C=C/c2ccc(C(F)(F)F)cc2)C2CCN(CC3CC3)CC2)cc1. The molecule has 0 bridgehead atoms. The number of halogens is 3. The fourth-order valence-corrected chi connectivity index (χ4v) is 5.25. The van der Waals surface area contributed by atoms with E-state index in [0.29, 0.717) is 12.1 Å². The van der Waals surface area contributed by atoms with Gasteiger partial charge >= 0.3 is 6.18 Å². The van der Waals surface area contributed by atoms with Crippen molar-refractivity contribution in [2.24, 2.45) is 5.92 Å². The van der Waals surface area contributed by atoms with Crippen LogP contribution in [0.1, 0.15) is 42.4 Å². The first-order chi connectivity index (χ1) is 19.3. The van der Waals surface area contributed by atoms with E-state index in [4.69, 9.17) is 0 Å². The van der Waals surface area contributed by atoms with Gasteiger partial charge in [-0.2, -0.15) is 13.2 Å². The number of aromatic nitrogens is 1. The lowest BCUT2D eigenvalue weighted by molar-refractivity contribution is -0.137. The standard InChI is InChI=1S/C32H35F3N4O/c1-37(29-14-18-36-19-15-29)28-11-6-26(7-12-28)23-39(30-16-20-38(21-17-30)22-25-2-3-25)31(40)13-8-24-4-9-27(10-5-24)32(33,34)35/h4-15,18-19,25,30H,2-3,16-17,20-23H2,1H3/b13-8+. The Kier molecular flexibility index (Phi) is 8.54. The Morgan fingerprint density at radius 3 is 2.15 bits per heavy atom. The number of pyridine rings is 1. The van der Waals surface area contributed by atoms with E-state index in [9.17, 15) is 18.0 Å². The van der Waals surface area contributed by atoms with Crippen LogP contribution < -0.4 is 4.90 Å². The van der Waals surface area contributed by atoms with Crippen molar-refractivity contribution >= 4 is 23.4 Å². The maximum absolute atomic E-state index is 13.5. The van der Waals surface area contributed by atoms with Crippen molar-refractivity contribution in [2.45, 2.75) is 44.4 Å². The predicted octanol–water partition coefficient (Wildman–Crippen LogP) is 6.78. The molecule has 0 N–H and O–H groups in total. The van der Waals surface area contributed by atoms with E-state index in [2.05, 4.69) is 39.0 Å². The summed E-state index contributed by atoms with van der Waals surface area (Å²) in [6.07, 6.45) is 6.71. The van der Waals surface area contributed by atoms with Gasteiger partial charge in [-0.25, -0.2) is 0 Å². The maximum Gasteiger partial charge on any atom is 0.416 e. The molecule has 0 spiro atoms. The van der Waals surface area contributed by atoms with Gasteiger partial charge in [-0.1, -0.05) is 24.3 Å². The van der Waals surface area contributed by atoms with Crippen molar-refractivity contribution in [3.8, 4) is 0 Å². The topological polar surface area (TPSA) is 39.7 Å². The van der Waals surface area contributed by atoms with Crippen LogP contribution in [0.25, 0.3) is 6.08 Å². The van der Waals surface area contributed by atoms with Crippen molar-refractivity contribution in [2.75, 3.05) is 31.6 Å². The summed E-state index contributed by atoms with van der Waals surface area (Å²) in [5.74, 6) is 0.711. The Labute approximate surface area is 233 Å². The third-order valence-electron chi connectivity index (χ3n) is 7.88. The first-order valence-corrected chi connectivity index (χ1v) is 13.9. The zero-order chi connectivity index (χ0) is 28.1. The second-order valence-electron chi connectivity index (χ2n) is 10.8. The van der Waals surface area contributed by atoms with Gasteiger partial charge in [0.05, 0.1) is 5.56 Å². The highest BCUT2D eigenvalue weighted by Crippen LogP contribution is 2.32. The molecule has 0 atom stereocenters. The summed E-state index contributed by atoms with van der Waals surface area (Å²) >= 11 is 0. The molecule has 5 nitrogen and oxygen atoms in total. The minimum atomic E-state index is -4.38. The number of nitrogens with zero attached hydrogens (tertiary/aromatic N) is 4. The number of carbonyl (C=O) groups excluding carboxylic acids is 1. The van der Waals surface area contributed by atoms with Gasteiger partial charge in [-0.3, -0.25) is 9.78 Å². The predicted molar refractivity (Wildman–Crippen MR) is 152 cm³/mol. The van der Waals surface area contributed by atoms with Gasteiger partial charge in [0.15, 0.2) is 0 Å². The van der Waals surface area contributed by atoms with Crippen molar-refractivity contribution < 1.29 is 18.0 Å². The molecular weight excluding hydrogens is 513 g/mol. The molecule has 0 radical (unpaired) electrons. The number of alkyl halides is 3. The van der Waals surface area contributed by atoms with E-state index in [1.54, 1.807) is 18.5 Å². The highest BCUT2D eigenvalue weighted by atomic mass is 19.4. The fourth-order valence-electron chi connectivity index (χ4n) is 5.25. The molecule has 1 aromatic heterocycles. The molecule has 1 amide bonds. The van der Waals surface area contributed by atoms with E-state index in [0.717, 1.165) is 67.5 Å². The summed E-state index contributed by atoms with van der Waals surface area (Å²) in [4.78, 5) is 24.1. The summed E-state index contributed by atoms with van der Waals surface area (Å²) in [6, 6.07) is 17.1. The van der Waals surface area contributed by atoms with Crippen LogP contribution in [0.4, 0.5) is 24.5 Å². The van der Waals surface area contributed by atoms with Crippen LogP contribution >= 0.6 is 0 Å². The first kappa shape index (κ1) is 27.9. The van der Waals surface area contributed by atoms with Crippen molar-refractivity contribution in [1.29, 1.82) is 0 Å². The van der Waals surface area contributed by atoms with Gasteiger partial charge < -0.3 is 14.7 Å². The minimum absolute atomic E-state index is 0.111. The van der Waals surface area contributed by atoms with Crippen LogP contribution in [-0.4, -0.2) is 53.4 Å². The molecule has 2 aliphatic rings. The molecule has 2 aromatic carbocycles. The summed E-state index contributed by atoms with van der Waals surface area (Å²) in [5, 5.41) is 0. The average molecular weight is 549 g/mol. The van der Waals surface area contributed by atoms with E-state index < -0.39 is 11.7 Å². The van der Waals surface area contributed by atoms with Gasteiger partial charge in [0, 0.05) is 69.1 Å². The molecule has 2 fully saturated rings. The molecule has 1 aliphatic carbocycles. The normalized spacial score (nSPS) is 16.8. The quantitative estimate of drug-likeness (QED) is 0.276. The maximum atomic E-state index is 13.5. The molecule has 5 rings (SSSR count). The van der Waals surface area contributed by atoms with E-state index in [1.165, 1.54) is 31.1 Å². The van der Waals surface area contributed by atoms with Gasteiger partial charge in [0.1, 0.15) is 0 Å². The lowest BCUT2D eigenvalue weighted by atomic mass is 10.0. The lowest BCUT2D eigenvalue weighted by Gasteiger charge is -2.38. The van der Waals surface area contributed by atoms with Crippen LogP contribution in [-0.2, 0) is 17.5 Å². The number of carbonyl (C=O) groups is 1. The fraction of sp³-hybridized carbons (Fsp3) is 0.375. The molecule has 0 unspecified atom stereocenters. The Morgan fingerprint density at radius 1 is 0.925 bits per heavy atom. The van der Waals surface area contributed by atoms with Crippen LogP contribution in [0.2, 0.25) is 0 Å². The van der Waals surface area contributed by atoms with Crippen LogP contribution in [0.3, 0.4) is 0 Å². The zero-order valence-corrected chi connectivity index (χ0v) is 22.7. The molecule has 1 saturated heterocycles. The van der Waals surface area contributed by atoms with Crippen LogP contribution in [0.5, 0.6) is 0 Å². The first-order valence-electron chi connectivity index (χ1n) is 13.9. The number of piperidine rings is 1. The second-order valence-corrected chi connectivity index (χ2v) is 10.8. The number of likely N-dealkylation sites (tertiary alicyclic amines) is 1. The summed E-state index contributed by atoms with van der Waals surface area (Å²) in [5.41, 5.74) is 2.95. The smallest absolute Gasteiger partial charge is 0.345 e. The highest BCUT2D eigenvalue weighted by Gasteiger charge is 2.31. The van der Waals surface area contributed by atoms with E-state index in [-0.39, 0.29) is 11.9 Å². The zero-order valence-electron chi connectivity index (χ0n) is 22.7. The number of amides is 1. The number of hydrogen-bond acceptors (Lipinski definition) is 4. The molecule has 8 heteroatoms. The third kappa shape index (κ3) is 7.30. The van der Waals surface area contributed by atoms with Gasteiger partial charge in [0.25, 0.3) is 0 Å². The Morgan fingerprint density at radius 2 is 1.55 bits per heavy atom. The van der Waals surface area contributed by atoms with Crippen molar-refractivity contribution in [3.63, 3.8) is 0 Å². The van der Waals surface area contributed by atoms with Crippen molar-refractivity contribution in [3.05, 3.63) is 95.8 Å². The van der Waals surface area contributed by atoms with E-state index >= 15 is 0 Å². The Bertz CT molecular complexity index is 1280. The van der Waals surface area contributed by atoms with Crippen molar-refractivity contribution in [1.82, 2.24) is 14.8 Å². The third-order valence-corrected chi connectivity index (χ3v) is 7.88. The highest BCUT2D eigenvalue weighted by molar-refractivity contribution is 5.92. The average Bonchev–Trinajstić information content (AvgIpc) is 3.79. The summed E-state index contributed by atoms with van der Waals surface area (Å²) in [6.45, 7) is 3.58. The Balaban J connectivity index is 1.29. The largest absolute Gasteiger partial charge is 0.416 e. The van der Waals surface area contributed by atoms with Gasteiger partial charge in [-0.15, -0.1) is 0 Å². The molecule has 2 heterocycles. The molecule has 40 heavy (non-hydrogen) atoms. The minimum Gasteiger partial charge on any atom is -0.345 e. The lowest BCUT2D eigenvalue weighted by Crippen LogP contribution is -2.47. The number of anilines is 2. The molecule has 1 aliphatic heterocycles. The van der Waals surface area contributed by atoms with Gasteiger partial charge in [-0.05, 0) is 85.2 Å². The molecule has 3 aromatic rings. The number of rotatable bonds is 9. The number of benzene rings is 2. The van der Waals surface area contributed by atoms with Crippen LogP contribution in [0.15, 0.2) is 79.1 Å². The summed E-state index contributed by atoms with van der Waals surface area (Å²) in [7, 11) is 2.00. The van der Waals surface area contributed by atoms with E-state index in [1.807, 2.05) is 24.1 Å².